The minimum absolute atomic E-state index is 0.258. The Morgan fingerprint density at radius 1 is 1.05 bits per heavy atom. The molecule has 2 amide bonds. The molecule has 1 aliphatic carbocycles. The minimum Gasteiger partial charge on any atom is -0.379 e. The SMILES string of the molecule is CSCC[C@@H](C=O)NC(=O)C1(NC(=O)c2ccc(-c3csc(N4CCN(N5CCOCC5)CC4)n3)cc2)CCCCC1. The highest BCUT2D eigenvalue weighted by atomic mass is 32.2. The minimum atomic E-state index is -0.996. The summed E-state index contributed by atoms with van der Waals surface area (Å²) in [6.07, 6.45) is 7.22. The van der Waals surface area contributed by atoms with Gasteiger partial charge in [0.15, 0.2) is 5.13 Å². The normalized spacial score (nSPS) is 20.5. The van der Waals surface area contributed by atoms with Crippen LogP contribution in [-0.4, -0.2) is 109 Å². The number of nitrogens with one attached hydrogen (secondary N) is 2. The number of ether oxygens (including phenoxy) is 1. The molecule has 0 unspecified atom stereocenters. The van der Waals surface area contributed by atoms with E-state index < -0.39 is 11.6 Å². The number of hydrogen-bond donors (Lipinski definition) is 2. The van der Waals surface area contributed by atoms with Crippen molar-refractivity contribution in [3.63, 3.8) is 0 Å². The van der Waals surface area contributed by atoms with E-state index in [-0.39, 0.29) is 11.8 Å². The lowest BCUT2D eigenvalue weighted by Gasteiger charge is -2.42. The van der Waals surface area contributed by atoms with Crippen LogP contribution in [0.5, 0.6) is 0 Å². The van der Waals surface area contributed by atoms with Gasteiger partial charge in [-0.3, -0.25) is 9.59 Å². The Hall–Kier alpha value is -2.51. The molecule has 1 aromatic heterocycles. The van der Waals surface area contributed by atoms with Gasteiger partial charge in [-0.15, -0.1) is 11.3 Å². The maximum absolute atomic E-state index is 13.4. The Labute approximate surface area is 256 Å². The summed E-state index contributed by atoms with van der Waals surface area (Å²) in [6.45, 7) is 7.34. The van der Waals surface area contributed by atoms with E-state index in [0.29, 0.717) is 24.8 Å². The molecule has 3 fully saturated rings. The van der Waals surface area contributed by atoms with Crippen molar-refractivity contribution >= 4 is 46.3 Å². The molecule has 2 saturated heterocycles. The number of amides is 2. The van der Waals surface area contributed by atoms with Gasteiger partial charge in [-0.1, -0.05) is 31.4 Å². The Morgan fingerprint density at radius 2 is 1.74 bits per heavy atom. The van der Waals surface area contributed by atoms with Crippen molar-refractivity contribution in [3.8, 4) is 11.3 Å². The number of hydrogen-bond acceptors (Lipinski definition) is 10. The van der Waals surface area contributed by atoms with Crippen molar-refractivity contribution in [1.82, 2.24) is 25.6 Å². The number of benzene rings is 1. The summed E-state index contributed by atoms with van der Waals surface area (Å²) in [6, 6.07) is 6.89. The van der Waals surface area contributed by atoms with Gasteiger partial charge in [0.2, 0.25) is 5.91 Å². The van der Waals surface area contributed by atoms with Crippen LogP contribution < -0.4 is 15.5 Å². The number of rotatable bonds is 11. The number of hydrazine groups is 1. The second-order valence-corrected chi connectivity index (χ2v) is 13.0. The van der Waals surface area contributed by atoms with Crippen molar-refractivity contribution in [2.45, 2.75) is 50.1 Å². The second-order valence-electron chi connectivity index (χ2n) is 11.2. The first-order chi connectivity index (χ1) is 20.5. The molecule has 10 nitrogen and oxygen atoms in total. The fraction of sp³-hybridized carbons (Fsp3) is 0.600. The molecular formula is C30H42N6O4S2. The van der Waals surface area contributed by atoms with Crippen LogP contribution in [0.25, 0.3) is 11.3 Å². The van der Waals surface area contributed by atoms with Gasteiger partial charge in [-0.05, 0) is 43.4 Å². The maximum Gasteiger partial charge on any atom is 0.252 e. The molecule has 3 heterocycles. The fourth-order valence-corrected chi connectivity index (χ4v) is 7.30. The van der Waals surface area contributed by atoms with Crippen LogP contribution in [0, 0.1) is 0 Å². The number of nitrogens with zero attached hydrogens (tertiary/aromatic N) is 4. The van der Waals surface area contributed by atoms with Crippen LogP contribution in [-0.2, 0) is 14.3 Å². The predicted octanol–water partition coefficient (Wildman–Crippen LogP) is 3.05. The van der Waals surface area contributed by atoms with Crippen LogP contribution in [0.4, 0.5) is 5.13 Å². The number of aldehydes is 1. The van der Waals surface area contributed by atoms with Gasteiger partial charge in [-0.2, -0.15) is 11.8 Å². The van der Waals surface area contributed by atoms with E-state index in [1.54, 1.807) is 35.2 Å². The molecule has 2 aliphatic heterocycles. The molecule has 0 bridgehead atoms. The Morgan fingerprint density at radius 3 is 2.40 bits per heavy atom. The highest BCUT2D eigenvalue weighted by molar-refractivity contribution is 7.98. The second kappa shape index (κ2) is 14.8. The van der Waals surface area contributed by atoms with Gasteiger partial charge in [0.1, 0.15) is 11.8 Å². The summed E-state index contributed by atoms with van der Waals surface area (Å²) < 4.78 is 5.48. The molecule has 1 aromatic carbocycles. The highest BCUT2D eigenvalue weighted by Crippen LogP contribution is 2.31. The lowest BCUT2D eigenvalue weighted by atomic mass is 9.80. The zero-order valence-electron chi connectivity index (χ0n) is 24.4. The average Bonchev–Trinajstić information content (AvgIpc) is 3.54. The van der Waals surface area contributed by atoms with E-state index in [0.717, 1.165) is 100 Å². The monoisotopic (exact) mass is 614 g/mol. The van der Waals surface area contributed by atoms with Crippen molar-refractivity contribution in [2.75, 3.05) is 69.4 Å². The van der Waals surface area contributed by atoms with Gasteiger partial charge in [-0.25, -0.2) is 15.0 Å². The number of anilines is 1. The van der Waals surface area contributed by atoms with Crippen LogP contribution in [0.15, 0.2) is 29.6 Å². The van der Waals surface area contributed by atoms with Crippen LogP contribution in [0.3, 0.4) is 0 Å². The molecular weight excluding hydrogens is 573 g/mol. The third-order valence-electron chi connectivity index (χ3n) is 8.46. The van der Waals surface area contributed by atoms with Crippen molar-refractivity contribution in [1.29, 1.82) is 0 Å². The molecule has 12 heteroatoms. The van der Waals surface area contributed by atoms with Crippen molar-refractivity contribution in [3.05, 3.63) is 35.2 Å². The quantitative estimate of drug-likeness (QED) is 0.370. The van der Waals surface area contributed by atoms with Gasteiger partial charge in [0.25, 0.3) is 5.91 Å². The molecule has 1 saturated carbocycles. The standard InChI is InChI=1S/C30H42N6O4S2/c1-41-20-9-25(21-37)31-28(39)30(10-3-2-4-11-30)33-27(38)24-7-5-23(6-8-24)26-22-42-29(32-26)34-12-14-35(15-13-34)36-16-18-40-19-17-36/h5-8,21-22,25H,2-4,9-20H2,1H3,(H,31,39)(H,33,38)/t25-/m0/s1. The third-order valence-corrected chi connectivity index (χ3v) is 10.0. The van der Waals surface area contributed by atoms with Gasteiger partial charge >= 0.3 is 0 Å². The summed E-state index contributed by atoms with van der Waals surface area (Å²) in [7, 11) is 0. The summed E-state index contributed by atoms with van der Waals surface area (Å²) in [5.74, 6) is 0.246. The molecule has 3 aliphatic rings. The number of carbonyl (C=O) groups excluding carboxylic acids is 3. The van der Waals surface area contributed by atoms with Crippen molar-refractivity contribution < 1.29 is 19.1 Å². The number of thioether (sulfide) groups is 1. The predicted molar refractivity (Wildman–Crippen MR) is 168 cm³/mol. The maximum atomic E-state index is 13.4. The van der Waals surface area contributed by atoms with Crippen LogP contribution in [0.2, 0.25) is 0 Å². The van der Waals surface area contributed by atoms with Crippen molar-refractivity contribution in [2.24, 2.45) is 0 Å². The zero-order valence-corrected chi connectivity index (χ0v) is 26.0. The molecule has 42 heavy (non-hydrogen) atoms. The number of carbonyl (C=O) groups is 3. The summed E-state index contributed by atoms with van der Waals surface area (Å²) in [4.78, 5) is 45.5. The highest BCUT2D eigenvalue weighted by Gasteiger charge is 2.41. The van der Waals surface area contributed by atoms with Gasteiger partial charge in [0, 0.05) is 55.8 Å². The molecule has 228 valence electrons. The van der Waals surface area contributed by atoms with Crippen LogP contribution >= 0.6 is 23.1 Å². The van der Waals surface area contributed by atoms with Crippen LogP contribution in [0.1, 0.15) is 48.9 Å². The molecule has 0 radical (unpaired) electrons. The molecule has 1 atom stereocenters. The first kappa shape index (κ1) is 30.9. The lowest BCUT2D eigenvalue weighted by molar-refractivity contribution is -0.130. The Bertz CT molecular complexity index is 1190. The van der Waals surface area contributed by atoms with E-state index in [9.17, 15) is 14.4 Å². The molecule has 2 aromatic rings. The van der Waals surface area contributed by atoms with E-state index in [2.05, 4.69) is 30.9 Å². The summed E-state index contributed by atoms with van der Waals surface area (Å²) in [5, 5.41) is 13.9. The van der Waals surface area contributed by atoms with E-state index in [1.165, 1.54) is 0 Å². The first-order valence-electron chi connectivity index (χ1n) is 15.0. The molecule has 2 N–H and O–H groups in total. The molecule has 0 spiro atoms. The number of morpholine rings is 1. The topological polar surface area (TPSA) is 107 Å². The Kier molecular flexibility index (Phi) is 10.9. The average molecular weight is 615 g/mol. The third kappa shape index (κ3) is 7.52. The Balaban J connectivity index is 1.19. The number of thiazole rings is 1. The largest absolute Gasteiger partial charge is 0.379 e. The fourth-order valence-electron chi connectivity index (χ4n) is 5.92. The van der Waals surface area contributed by atoms with E-state index in [1.807, 2.05) is 18.4 Å². The summed E-state index contributed by atoms with van der Waals surface area (Å²) in [5.41, 5.74) is 1.35. The van der Waals surface area contributed by atoms with E-state index in [4.69, 9.17) is 9.72 Å². The lowest BCUT2D eigenvalue weighted by Crippen LogP contribution is -2.61. The first-order valence-corrected chi connectivity index (χ1v) is 17.2. The summed E-state index contributed by atoms with van der Waals surface area (Å²) >= 11 is 3.28. The zero-order chi connectivity index (χ0) is 29.4. The van der Waals surface area contributed by atoms with Gasteiger partial charge in [0.05, 0.1) is 24.9 Å². The number of piperazine rings is 1. The number of aromatic nitrogens is 1. The van der Waals surface area contributed by atoms with E-state index >= 15 is 0 Å². The molecule has 5 rings (SSSR count). The smallest absolute Gasteiger partial charge is 0.252 e. The van der Waals surface area contributed by atoms with Gasteiger partial charge < -0.3 is 25.1 Å².